The zero-order valence-corrected chi connectivity index (χ0v) is 11.9. The number of aromatic carboxylic acids is 1. The minimum atomic E-state index is -0.914. The Bertz CT molecular complexity index is 628. The average molecular weight is 287 g/mol. The lowest BCUT2D eigenvalue weighted by atomic mass is 10.0. The van der Waals surface area contributed by atoms with E-state index < -0.39 is 5.97 Å². The number of halogens is 1. The Balaban J connectivity index is 1.97. The Kier molecular flexibility index (Phi) is 5.06. The molecule has 3 nitrogen and oxygen atoms in total. The standard InChI is InChI=1S/C17H18FNO2/c1-19(12-14-7-3-5-9-16(14)18)11-10-13-6-2-4-8-15(13)17(20)21/h2-9H,10-12H2,1H3,(H,20,21). The van der Waals surface area contributed by atoms with E-state index in [4.69, 9.17) is 5.11 Å². The minimum absolute atomic E-state index is 0.213. The topological polar surface area (TPSA) is 40.5 Å². The van der Waals surface area contributed by atoms with E-state index in [1.807, 2.05) is 30.1 Å². The third-order valence-corrected chi connectivity index (χ3v) is 3.41. The Morgan fingerprint density at radius 1 is 1.10 bits per heavy atom. The van der Waals surface area contributed by atoms with Gasteiger partial charge in [0.2, 0.25) is 0 Å². The fourth-order valence-electron chi connectivity index (χ4n) is 2.25. The van der Waals surface area contributed by atoms with Crippen molar-refractivity contribution in [3.63, 3.8) is 0 Å². The number of hydrogen-bond donors (Lipinski definition) is 1. The number of hydrogen-bond acceptors (Lipinski definition) is 2. The Morgan fingerprint density at radius 2 is 1.71 bits per heavy atom. The summed E-state index contributed by atoms with van der Waals surface area (Å²) in [6, 6.07) is 13.7. The Labute approximate surface area is 123 Å². The quantitative estimate of drug-likeness (QED) is 0.887. The summed E-state index contributed by atoms with van der Waals surface area (Å²) in [5.41, 5.74) is 1.77. The summed E-state index contributed by atoms with van der Waals surface area (Å²) in [6.45, 7) is 1.17. The van der Waals surface area contributed by atoms with Crippen molar-refractivity contribution in [1.82, 2.24) is 4.90 Å². The fraction of sp³-hybridized carbons (Fsp3) is 0.235. The molecule has 0 fully saturated rings. The van der Waals surface area contributed by atoms with E-state index in [2.05, 4.69) is 0 Å². The van der Waals surface area contributed by atoms with Gasteiger partial charge in [0.25, 0.3) is 0 Å². The number of carbonyl (C=O) groups is 1. The summed E-state index contributed by atoms with van der Waals surface area (Å²) >= 11 is 0. The van der Waals surface area contributed by atoms with Crippen LogP contribution >= 0.6 is 0 Å². The van der Waals surface area contributed by atoms with E-state index in [9.17, 15) is 9.18 Å². The predicted octanol–water partition coefficient (Wildman–Crippen LogP) is 3.20. The van der Waals surface area contributed by atoms with Crippen LogP contribution in [0.1, 0.15) is 21.5 Å². The highest BCUT2D eigenvalue weighted by atomic mass is 19.1. The first-order valence-corrected chi connectivity index (χ1v) is 6.81. The van der Waals surface area contributed by atoms with Crippen LogP contribution in [-0.2, 0) is 13.0 Å². The van der Waals surface area contributed by atoms with Crippen LogP contribution in [0.25, 0.3) is 0 Å². The van der Waals surface area contributed by atoms with Gasteiger partial charge in [-0.2, -0.15) is 0 Å². The molecule has 110 valence electrons. The summed E-state index contributed by atoms with van der Waals surface area (Å²) in [7, 11) is 1.90. The molecule has 2 aromatic rings. The molecule has 0 spiro atoms. The van der Waals surface area contributed by atoms with E-state index >= 15 is 0 Å². The Hall–Kier alpha value is -2.20. The van der Waals surface area contributed by atoms with Crippen LogP contribution in [0.2, 0.25) is 0 Å². The minimum Gasteiger partial charge on any atom is -0.478 e. The fourth-order valence-corrected chi connectivity index (χ4v) is 2.25. The van der Waals surface area contributed by atoms with Gasteiger partial charge in [-0.25, -0.2) is 9.18 Å². The van der Waals surface area contributed by atoms with Crippen molar-refractivity contribution in [3.05, 3.63) is 71.0 Å². The highest BCUT2D eigenvalue weighted by Crippen LogP contribution is 2.12. The molecule has 2 rings (SSSR count). The molecule has 0 aliphatic heterocycles. The first-order chi connectivity index (χ1) is 10.1. The normalized spacial score (nSPS) is 10.8. The van der Waals surface area contributed by atoms with E-state index in [-0.39, 0.29) is 5.82 Å². The van der Waals surface area contributed by atoms with E-state index in [1.54, 1.807) is 24.3 Å². The molecule has 0 amide bonds. The van der Waals surface area contributed by atoms with Gasteiger partial charge in [0.1, 0.15) is 5.82 Å². The van der Waals surface area contributed by atoms with Crippen molar-refractivity contribution in [1.29, 1.82) is 0 Å². The first-order valence-electron chi connectivity index (χ1n) is 6.81. The molecule has 1 N–H and O–H groups in total. The average Bonchev–Trinajstić information content (AvgIpc) is 2.48. The van der Waals surface area contributed by atoms with Gasteiger partial charge < -0.3 is 10.0 Å². The molecule has 0 saturated carbocycles. The SMILES string of the molecule is CN(CCc1ccccc1C(=O)O)Cc1ccccc1F. The number of carboxylic acid groups (broad SMARTS) is 1. The monoisotopic (exact) mass is 287 g/mol. The summed E-state index contributed by atoms with van der Waals surface area (Å²) < 4.78 is 13.6. The summed E-state index contributed by atoms with van der Waals surface area (Å²) in [6.07, 6.45) is 0.618. The van der Waals surface area contributed by atoms with Gasteiger partial charge in [-0.1, -0.05) is 36.4 Å². The lowest BCUT2D eigenvalue weighted by molar-refractivity contribution is 0.0695. The largest absolute Gasteiger partial charge is 0.478 e. The van der Waals surface area contributed by atoms with Gasteiger partial charge >= 0.3 is 5.97 Å². The van der Waals surface area contributed by atoms with Gasteiger partial charge in [-0.15, -0.1) is 0 Å². The van der Waals surface area contributed by atoms with Crippen molar-refractivity contribution in [2.75, 3.05) is 13.6 Å². The summed E-state index contributed by atoms with van der Waals surface area (Å²) in [4.78, 5) is 13.1. The molecule has 0 unspecified atom stereocenters. The van der Waals surface area contributed by atoms with Gasteiger partial charge in [0, 0.05) is 18.7 Å². The molecule has 0 bridgehead atoms. The van der Waals surface area contributed by atoms with Crippen molar-refractivity contribution in [2.45, 2.75) is 13.0 Å². The maximum atomic E-state index is 13.6. The van der Waals surface area contributed by atoms with Crippen LogP contribution < -0.4 is 0 Å². The molecular weight excluding hydrogens is 269 g/mol. The second-order valence-corrected chi connectivity index (χ2v) is 5.04. The molecule has 0 aliphatic rings. The summed E-state index contributed by atoms with van der Waals surface area (Å²) in [5.74, 6) is -1.13. The van der Waals surface area contributed by atoms with Crippen molar-refractivity contribution in [3.8, 4) is 0 Å². The molecule has 21 heavy (non-hydrogen) atoms. The number of carboxylic acids is 1. The highest BCUT2D eigenvalue weighted by molar-refractivity contribution is 5.89. The lowest BCUT2D eigenvalue weighted by Gasteiger charge is -2.17. The molecule has 2 aromatic carbocycles. The van der Waals surface area contributed by atoms with Crippen LogP contribution in [0.15, 0.2) is 48.5 Å². The smallest absolute Gasteiger partial charge is 0.335 e. The molecule has 0 aromatic heterocycles. The zero-order valence-electron chi connectivity index (χ0n) is 11.9. The van der Waals surface area contributed by atoms with Crippen molar-refractivity contribution < 1.29 is 14.3 Å². The van der Waals surface area contributed by atoms with Crippen LogP contribution in [-0.4, -0.2) is 29.6 Å². The lowest BCUT2D eigenvalue weighted by Crippen LogP contribution is -2.22. The van der Waals surface area contributed by atoms with Gasteiger partial charge in [0.15, 0.2) is 0 Å². The van der Waals surface area contributed by atoms with Gasteiger partial charge in [-0.05, 0) is 31.2 Å². The molecule has 0 atom stereocenters. The molecule has 4 heteroatoms. The number of rotatable bonds is 6. The maximum Gasteiger partial charge on any atom is 0.335 e. The summed E-state index contributed by atoms with van der Waals surface area (Å²) in [5, 5.41) is 9.14. The van der Waals surface area contributed by atoms with Crippen molar-refractivity contribution >= 4 is 5.97 Å². The molecule has 0 radical (unpaired) electrons. The van der Waals surface area contributed by atoms with Crippen LogP contribution in [0.4, 0.5) is 4.39 Å². The zero-order chi connectivity index (χ0) is 15.2. The van der Waals surface area contributed by atoms with Gasteiger partial charge in [0.05, 0.1) is 5.56 Å². The van der Waals surface area contributed by atoms with Gasteiger partial charge in [-0.3, -0.25) is 0 Å². The number of likely N-dealkylation sites (N-methyl/N-ethyl adjacent to an activating group) is 1. The molecular formula is C17H18FNO2. The van der Waals surface area contributed by atoms with Crippen LogP contribution in [0, 0.1) is 5.82 Å². The van der Waals surface area contributed by atoms with E-state index in [0.717, 1.165) is 5.56 Å². The van der Waals surface area contributed by atoms with E-state index in [0.29, 0.717) is 30.6 Å². The predicted molar refractivity (Wildman–Crippen MR) is 79.8 cm³/mol. The van der Waals surface area contributed by atoms with Crippen molar-refractivity contribution in [2.24, 2.45) is 0 Å². The third kappa shape index (κ3) is 4.13. The molecule has 0 heterocycles. The molecule has 0 saturated heterocycles. The van der Waals surface area contributed by atoms with Crippen LogP contribution in [0.3, 0.4) is 0 Å². The number of nitrogens with zero attached hydrogens (tertiary/aromatic N) is 1. The first kappa shape index (κ1) is 15.2. The third-order valence-electron chi connectivity index (χ3n) is 3.41. The maximum absolute atomic E-state index is 13.6. The number of benzene rings is 2. The van der Waals surface area contributed by atoms with Crippen LogP contribution in [0.5, 0.6) is 0 Å². The second kappa shape index (κ2) is 6.99. The second-order valence-electron chi connectivity index (χ2n) is 5.04. The molecule has 0 aliphatic carbocycles. The van der Waals surface area contributed by atoms with E-state index in [1.165, 1.54) is 6.07 Å². The Morgan fingerprint density at radius 3 is 2.38 bits per heavy atom. The highest BCUT2D eigenvalue weighted by Gasteiger charge is 2.10.